The maximum atomic E-state index is 10.9. The van der Waals surface area contributed by atoms with Gasteiger partial charge in [-0.3, -0.25) is 10.1 Å². The third-order valence-corrected chi connectivity index (χ3v) is 4.15. The zero-order chi connectivity index (χ0) is 13.4. The molecule has 0 saturated carbocycles. The van der Waals surface area contributed by atoms with Gasteiger partial charge in [-0.25, -0.2) is 0 Å². The molecule has 3 rings (SSSR count). The molecule has 0 aromatic heterocycles. The largest absolute Gasteiger partial charge is 0.382 e. The Labute approximate surface area is 111 Å². The Hall–Kier alpha value is -1.88. The summed E-state index contributed by atoms with van der Waals surface area (Å²) < 4.78 is 0. The molecule has 0 amide bonds. The predicted molar refractivity (Wildman–Crippen MR) is 74.2 cm³/mol. The highest BCUT2D eigenvalue weighted by Gasteiger charge is 2.37. The van der Waals surface area contributed by atoms with Gasteiger partial charge in [-0.05, 0) is 36.9 Å². The number of benzene rings is 1. The van der Waals surface area contributed by atoms with E-state index in [0.717, 1.165) is 24.1 Å². The number of hydrogen-bond acceptors (Lipinski definition) is 4. The number of anilines is 1. The molecular formula is C14H17N3O2. The topological polar surface area (TPSA) is 81.2 Å². The van der Waals surface area contributed by atoms with Crippen molar-refractivity contribution in [3.8, 4) is 0 Å². The maximum absolute atomic E-state index is 10.9. The van der Waals surface area contributed by atoms with Crippen LogP contribution in [-0.4, -0.2) is 17.5 Å². The van der Waals surface area contributed by atoms with Gasteiger partial charge in [0, 0.05) is 29.8 Å². The van der Waals surface area contributed by atoms with Gasteiger partial charge in [0.25, 0.3) is 5.69 Å². The number of nitrogens with zero attached hydrogens (tertiary/aromatic N) is 1. The van der Waals surface area contributed by atoms with E-state index in [9.17, 15) is 10.1 Å². The summed E-state index contributed by atoms with van der Waals surface area (Å²) in [4.78, 5) is 10.6. The molecule has 1 aromatic carbocycles. The minimum atomic E-state index is -0.333. The molecule has 3 N–H and O–H groups in total. The standard InChI is InChI=1S/C14H17N3O2/c15-7-6-14-11-3-1-2-10(11)12-8-9(17(18)19)4-5-13(12)16-14/h1-2,4-5,8,10-11,14,16H,3,6-7,15H2. The third-order valence-electron chi connectivity index (χ3n) is 4.15. The molecular weight excluding hydrogens is 242 g/mol. The Morgan fingerprint density at radius 3 is 3.05 bits per heavy atom. The van der Waals surface area contributed by atoms with Crippen LogP contribution < -0.4 is 11.1 Å². The molecule has 1 aromatic rings. The summed E-state index contributed by atoms with van der Waals surface area (Å²) in [6.45, 7) is 0.656. The van der Waals surface area contributed by atoms with Crippen LogP contribution in [0.3, 0.4) is 0 Å². The fourth-order valence-electron chi connectivity index (χ4n) is 3.26. The van der Waals surface area contributed by atoms with Crippen molar-refractivity contribution in [1.29, 1.82) is 0 Å². The first-order valence-corrected chi connectivity index (χ1v) is 6.62. The van der Waals surface area contributed by atoms with Gasteiger partial charge in [-0.1, -0.05) is 12.2 Å². The summed E-state index contributed by atoms with van der Waals surface area (Å²) in [7, 11) is 0. The molecule has 1 heterocycles. The molecule has 2 aliphatic rings. The Kier molecular flexibility index (Phi) is 2.98. The van der Waals surface area contributed by atoms with Crippen molar-refractivity contribution in [2.75, 3.05) is 11.9 Å². The predicted octanol–water partition coefficient (Wildman–Crippen LogP) is 2.40. The van der Waals surface area contributed by atoms with Crippen LogP contribution in [0.2, 0.25) is 0 Å². The lowest BCUT2D eigenvalue weighted by Gasteiger charge is -2.37. The van der Waals surface area contributed by atoms with Crippen LogP contribution in [0.1, 0.15) is 24.3 Å². The van der Waals surface area contributed by atoms with E-state index in [-0.39, 0.29) is 16.5 Å². The molecule has 3 unspecified atom stereocenters. The second-order valence-electron chi connectivity index (χ2n) is 5.21. The Morgan fingerprint density at radius 1 is 1.47 bits per heavy atom. The number of allylic oxidation sites excluding steroid dienone is 2. The van der Waals surface area contributed by atoms with E-state index in [4.69, 9.17) is 5.73 Å². The summed E-state index contributed by atoms with van der Waals surface area (Å²) in [5.41, 5.74) is 7.89. The zero-order valence-corrected chi connectivity index (χ0v) is 10.6. The van der Waals surface area contributed by atoms with E-state index < -0.39 is 0 Å². The summed E-state index contributed by atoms with van der Waals surface area (Å²) in [6, 6.07) is 5.44. The fourth-order valence-corrected chi connectivity index (χ4v) is 3.26. The van der Waals surface area contributed by atoms with Crippen LogP contribution in [-0.2, 0) is 0 Å². The number of nitrogens with two attached hydrogens (primary N) is 1. The van der Waals surface area contributed by atoms with Crippen LogP contribution in [0.5, 0.6) is 0 Å². The third kappa shape index (κ3) is 2.00. The van der Waals surface area contributed by atoms with E-state index in [2.05, 4.69) is 17.5 Å². The Bertz CT molecular complexity index is 541. The molecule has 5 heteroatoms. The smallest absolute Gasteiger partial charge is 0.269 e. The number of hydrogen-bond donors (Lipinski definition) is 2. The minimum Gasteiger partial charge on any atom is -0.382 e. The quantitative estimate of drug-likeness (QED) is 0.496. The highest BCUT2D eigenvalue weighted by molar-refractivity contribution is 5.62. The van der Waals surface area contributed by atoms with Gasteiger partial charge in [-0.15, -0.1) is 0 Å². The molecule has 1 aliphatic heterocycles. The molecule has 0 bridgehead atoms. The van der Waals surface area contributed by atoms with E-state index in [0.29, 0.717) is 18.5 Å². The van der Waals surface area contributed by atoms with Crippen molar-refractivity contribution >= 4 is 11.4 Å². The van der Waals surface area contributed by atoms with E-state index in [1.54, 1.807) is 12.1 Å². The van der Waals surface area contributed by atoms with Crippen LogP contribution in [0.15, 0.2) is 30.4 Å². The molecule has 1 aliphatic carbocycles. The van der Waals surface area contributed by atoms with Gasteiger partial charge in [0.1, 0.15) is 0 Å². The van der Waals surface area contributed by atoms with Gasteiger partial charge in [-0.2, -0.15) is 0 Å². The number of nitro benzene ring substituents is 1. The lowest BCUT2D eigenvalue weighted by molar-refractivity contribution is -0.384. The van der Waals surface area contributed by atoms with Crippen molar-refractivity contribution in [3.05, 3.63) is 46.0 Å². The average molecular weight is 259 g/mol. The maximum Gasteiger partial charge on any atom is 0.269 e. The van der Waals surface area contributed by atoms with Gasteiger partial charge in [0.2, 0.25) is 0 Å². The molecule has 100 valence electrons. The fraction of sp³-hybridized carbons (Fsp3) is 0.429. The Balaban J connectivity index is 2.00. The lowest BCUT2D eigenvalue weighted by Crippen LogP contribution is -2.37. The van der Waals surface area contributed by atoms with E-state index >= 15 is 0 Å². The number of nitro groups is 1. The monoisotopic (exact) mass is 259 g/mol. The lowest BCUT2D eigenvalue weighted by atomic mass is 9.78. The van der Waals surface area contributed by atoms with Crippen LogP contribution in [0, 0.1) is 16.0 Å². The molecule has 0 saturated heterocycles. The number of rotatable bonds is 3. The second kappa shape index (κ2) is 4.66. The molecule has 0 spiro atoms. The molecule has 0 radical (unpaired) electrons. The van der Waals surface area contributed by atoms with Crippen molar-refractivity contribution in [2.24, 2.45) is 11.7 Å². The van der Waals surface area contributed by atoms with Gasteiger partial charge < -0.3 is 11.1 Å². The molecule has 5 nitrogen and oxygen atoms in total. The summed E-state index contributed by atoms with van der Waals surface area (Å²) >= 11 is 0. The van der Waals surface area contributed by atoms with Gasteiger partial charge >= 0.3 is 0 Å². The SMILES string of the molecule is NCCC1Nc2ccc([N+](=O)[O-])cc2C2C=CCC12. The Morgan fingerprint density at radius 2 is 2.32 bits per heavy atom. The molecule has 0 fully saturated rings. The van der Waals surface area contributed by atoms with Crippen molar-refractivity contribution in [2.45, 2.75) is 24.8 Å². The zero-order valence-electron chi connectivity index (χ0n) is 10.6. The van der Waals surface area contributed by atoms with Gasteiger partial charge in [0.15, 0.2) is 0 Å². The van der Waals surface area contributed by atoms with Crippen LogP contribution >= 0.6 is 0 Å². The molecule has 3 atom stereocenters. The average Bonchev–Trinajstić information content (AvgIpc) is 2.88. The first-order valence-electron chi connectivity index (χ1n) is 6.62. The first kappa shape index (κ1) is 12.2. The van der Waals surface area contributed by atoms with Gasteiger partial charge in [0.05, 0.1) is 4.92 Å². The summed E-state index contributed by atoms with van der Waals surface area (Å²) in [5, 5.41) is 14.4. The summed E-state index contributed by atoms with van der Waals surface area (Å²) in [6.07, 6.45) is 6.30. The minimum absolute atomic E-state index is 0.164. The van der Waals surface area contributed by atoms with Crippen LogP contribution in [0.25, 0.3) is 0 Å². The second-order valence-corrected chi connectivity index (χ2v) is 5.21. The van der Waals surface area contributed by atoms with Crippen molar-refractivity contribution in [3.63, 3.8) is 0 Å². The van der Waals surface area contributed by atoms with Crippen molar-refractivity contribution < 1.29 is 4.92 Å². The highest BCUT2D eigenvalue weighted by atomic mass is 16.6. The number of non-ortho nitro benzene ring substituents is 1. The number of fused-ring (bicyclic) bond motifs is 3. The first-order chi connectivity index (χ1) is 9.20. The molecule has 19 heavy (non-hydrogen) atoms. The van der Waals surface area contributed by atoms with E-state index in [1.165, 1.54) is 0 Å². The highest BCUT2D eigenvalue weighted by Crippen LogP contribution is 2.46. The normalized spacial score (nSPS) is 27.5. The van der Waals surface area contributed by atoms with E-state index in [1.807, 2.05) is 6.07 Å². The van der Waals surface area contributed by atoms with Crippen molar-refractivity contribution in [1.82, 2.24) is 0 Å². The van der Waals surface area contributed by atoms with Crippen LogP contribution in [0.4, 0.5) is 11.4 Å². The number of nitrogens with one attached hydrogen (secondary N) is 1. The summed E-state index contributed by atoms with van der Waals surface area (Å²) in [5.74, 6) is 0.755.